The van der Waals surface area contributed by atoms with E-state index in [0.717, 1.165) is 28.2 Å². The summed E-state index contributed by atoms with van der Waals surface area (Å²) in [6, 6.07) is 3.78. The molecule has 0 aliphatic carbocycles. The van der Waals surface area contributed by atoms with Gasteiger partial charge in [0.15, 0.2) is 0 Å². The summed E-state index contributed by atoms with van der Waals surface area (Å²) in [5.74, 6) is -0.497. The maximum Gasteiger partial charge on any atom is 0.233 e. The molecule has 2 amide bonds. The second-order valence-corrected chi connectivity index (χ2v) is 6.97. The van der Waals surface area contributed by atoms with Gasteiger partial charge in [-0.15, -0.1) is 0 Å². The molecule has 0 saturated carbocycles. The van der Waals surface area contributed by atoms with Crippen molar-refractivity contribution < 1.29 is 9.59 Å². The van der Waals surface area contributed by atoms with Gasteiger partial charge < -0.3 is 9.80 Å². The molecule has 0 radical (unpaired) electrons. The van der Waals surface area contributed by atoms with E-state index in [-0.39, 0.29) is 11.8 Å². The van der Waals surface area contributed by atoms with Crippen molar-refractivity contribution in [3.05, 3.63) is 46.5 Å². The molecule has 3 rings (SSSR count). The molecule has 0 bridgehead atoms. The molecule has 0 spiro atoms. The van der Waals surface area contributed by atoms with E-state index < -0.39 is 5.92 Å². The fourth-order valence-corrected chi connectivity index (χ4v) is 3.54. The Morgan fingerprint density at radius 3 is 2.69 bits per heavy atom. The Kier molecular flexibility index (Phi) is 4.80. The Balaban J connectivity index is 1.87. The molecule has 0 N–H and O–H groups in total. The molecule has 1 aliphatic heterocycles. The minimum absolute atomic E-state index is 0.0288. The summed E-state index contributed by atoms with van der Waals surface area (Å²) in [6.45, 7) is 6.86. The third kappa shape index (κ3) is 3.21. The van der Waals surface area contributed by atoms with Crippen LogP contribution in [0.4, 0.5) is 0 Å². The highest BCUT2D eigenvalue weighted by molar-refractivity contribution is 5.85. The summed E-state index contributed by atoms with van der Waals surface area (Å²) >= 11 is 0. The number of amides is 2. The van der Waals surface area contributed by atoms with Gasteiger partial charge in [-0.1, -0.05) is 6.07 Å². The second-order valence-electron chi connectivity index (χ2n) is 6.97. The number of likely N-dealkylation sites (N-methyl/N-ethyl adjacent to an activating group) is 1. The van der Waals surface area contributed by atoms with E-state index in [0.29, 0.717) is 19.6 Å². The Morgan fingerprint density at radius 1 is 1.35 bits per heavy atom. The molecule has 0 saturated heterocycles. The molecule has 1 unspecified atom stereocenters. The van der Waals surface area contributed by atoms with Crippen LogP contribution in [0.1, 0.15) is 41.1 Å². The quantitative estimate of drug-likeness (QED) is 0.837. The fourth-order valence-electron chi connectivity index (χ4n) is 3.54. The van der Waals surface area contributed by atoms with Gasteiger partial charge in [0, 0.05) is 58.1 Å². The van der Waals surface area contributed by atoms with Gasteiger partial charge in [0.05, 0.1) is 17.3 Å². The van der Waals surface area contributed by atoms with Crippen LogP contribution in [0.15, 0.2) is 18.3 Å². The lowest BCUT2D eigenvalue weighted by Crippen LogP contribution is -2.43. The Bertz CT molecular complexity index is 858. The summed E-state index contributed by atoms with van der Waals surface area (Å²) in [5, 5.41) is 4.42. The van der Waals surface area contributed by atoms with Gasteiger partial charge in [0.2, 0.25) is 11.8 Å². The van der Waals surface area contributed by atoms with Crippen molar-refractivity contribution in [2.75, 3.05) is 13.6 Å². The van der Waals surface area contributed by atoms with Crippen LogP contribution in [-0.4, -0.2) is 50.0 Å². The summed E-state index contributed by atoms with van der Waals surface area (Å²) in [4.78, 5) is 32.9. The Hall–Kier alpha value is -2.70. The topological polar surface area (TPSA) is 71.3 Å². The van der Waals surface area contributed by atoms with Gasteiger partial charge in [0.1, 0.15) is 0 Å². The number of carbonyl (C=O) groups is 2. The van der Waals surface area contributed by atoms with Gasteiger partial charge in [0.25, 0.3) is 0 Å². The molecular weight excluding hydrogens is 330 g/mol. The predicted molar refractivity (Wildman–Crippen MR) is 97.2 cm³/mol. The molecular formula is C19H25N5O2. The van der Waals surface area contributed by atoms with Crippen molar-refractivity contribution >= 4 is 11.8 Å². The van der Waals surface area contributed by atoms with Crippen molar-refractivity contribution in [2.45, 2.75) is 39.8 Å². The molecule has 7 heteroatoms. The number of rotatable bonds is 3. The Morgan fingerprint density at radius 2 is 2.08 bits per heavy atom. The van der Waals surface area contributed by atoms with Crippen molar-refractivity contribution in [1.82, 2.24) is 24.6 Å². The van der Waals surface area contributed by atoms with Crippen molar-refractivity contribution in [2.24, 2.45) is 7.05 Å². The number of pyridine rings is 1. The first-order chi connectivity index (χ1) is 12.3. The summed E-state index contributed by atoms with van der Waals surface area (Å²) in [6.07, 6.45) is 1.71. The standard InChI is InChI=1S/C19H25N5O2/c1-12-16(13(2)23(5)21-12)10-22(4)19(26)17-11-24(14(3)25)9-15-7-6-8-20-18(15)17/h6-8,17H,9-11H2,1-5H3. The minimum Gasteiger partial charge on any atom is -0.341 e. The molecule has 2 aromatic rings. The first kappa shape index (κ1) is 18.1. The van der Waals surface area contributed by atoms with Gasteiger partial charge in [-0.3, -0.25) is 19.3 Å². The molecule has 26 heavy (non-hydrogen) atoms. The lowest BCUT2D eigenvalue weighted by atomic mass is 9.93. The zero-order valence-corrected chi connectivity index (χ0v) is 16.0. The Labute approximate surface area is 153 Å². The van der Waals surface area contributed by atoms with Crippen LogP contribution in [0.25, 0.3) is 0 Å². The lowest BCUT2D eigenvalue weighted by molar-refractivity contribution is -0.135. The predicted octanol–water partition coefficient (Wildman–Crippen LogP) is 1.54. The number of nitrogens with zero attached hydrogens (tertiary/aromatic N) is 5. The molecule has 1 aliphatic rings. The van der Waals surface area contributed by atoms with Crippen molar-refractivity contribution in [3.63, 3.8) is 0 Å². The number of carbonyl (C=O) groups excluding carboxylic acids is 2. The molecule has 138 valence electrons. The van der Waals surface area contributed by atoms with Crippen LogP contribution in [-0.2, 0) is 29.7 Å². The van der Waals surface area contributed by atoms with E-state index >= 15 is 0 Å². The minimum atomic E-state index is -0.439. The highest BCUT2D eigenvalue weighted by Crippen LogP contribution is 2.28. The van der Waals surface area contributed by atoms with Crippen LogP contribution in [0.5, 0.6) is 0 Å². The monoisotopic (exact) mass is 355 g/mol. The first-order valence-electron chi connectivity index (χ1n) is 8.73. The fraction of sp³-hybridized carbons (Fsp3) is 0.474. The zero-order valence-electron chi connectivity index (χ0n) is 16.0. The lowest BCUT2D eigenvalue weighted by Gasteiger charge is -2.34. The van der Waals surface area contributed by atoms with E-state index in [1.807, 2.05) is 37.7 Å². The summed E-state index contributed by atoms with van der Waals surface area (Å²) in [7, 11) is 3.70. The smallest absolute Gasteiger partial charge is 0.233 e. The van der Waals surface area contributed by atoms with Crippen LogP contribution < -0.4 is 0 Å². The average molecular weight is 355 g/mol. The zero-order chi connectivity index (χ0) is 19.0. The maximum absolute atomic E-state index is 13.2. The van der Waals surface area contributed by atoms with E-state index in [9.17, 15) is 9.59 Å². The van der Waals surface area contributed by atoms with Crippen LogP contribution in [0.2, 0.25) is 0 Å². The molecule has 2 aromatic heterocycles. The first-order valence-corrected chi connectivity index (χ1v) is 8.73. The van der Waals surface area contributed by atoms with Gasteiger partial charge in [-0.2, -0.15) is 5.10 Å². The molecule has 0 fully saturated rings. The SMILES string of the molecule is CC(=O)N1Cc2cccnc2C(C(=O)N(C)Cc2c(C)nn(C)c2C)C1. The molecule has 7 nitrogen and oxygen atoms in total. The summed E-state index contributed by atoms with van der Waals surface area (Å²) in [5.41, 5.74) is 4.76. The third-order valence-electron chi connectivity index (χ3n) is 5.19. The molecule has 1 atom stereocenters. The highest BCUT2D eigenvalue weighted by atomic mass is 16.2. The third-order valence-corrected chi connectivity index (χ3v) is 5.19. The number of hydrogen-bond acceptors (Lipinski definition) is 4. The van der Waals surface area contributed by atoms with E-state index in [2.05, 4.69) is 10.1 Å². The number of aryl methyl sites for hydroxylation is 2. The molecule has 3 heterocycles. The van der Waals surface area contributed by atoms with Crippen molar-refractivity contribution in [1.29, 1.82) is 0 Å². The van der Waals surface area contributed by atoms with Gasteiger partial charge in [-0.05, 0) is 25.5 Å². The van der Waals surface area contributed by atoms with Gasteiger partial charge >= 0.3 is 0 Å². The average Bonchev–Trinajstić information content (AvgIpc) is 2.86. The number of aromatic nitrogens is 3. The maximum atomic E-state index is 13.2. The van der Waals surface area contributed by atoms with E-state index in [1.165, 1.54) is 6.92 Å². The number of fused-ring (bicyclic) bond motifs is 1. The van der Waals surface area contributed by atoms with Crippen LogP contribution in [0.3, 0.4) is 0 Å². The largest absolute Gasteiger partial charge is 0.341 e. The summed E-state index contributed by atoms with van der Waals surface area (Å²) < 4.78 is 1.83. The highest BCUT2D eigenvalue weighted by Gasteiger charge is 2.34. The second kappa shape index (κ2) is 6.90. The normalized spacial score (nSPS) is 16.3. The van der Waals surface area contributed by atoms with Gasteiger partial charge in [-0.25, -0.2) is 0 Å². The number of hydrogen-bond donors (Lipinski definition) is 0. The molecule has 0 aromatic carbocycles. The van der Waals surface area contributed by atoms with E-state index in [1.54, 1.807) is 23.0 Å². The van der Waals surface area contributed by atoms with Crippen LogP contribution >= 0.6 is 0 Å². The van der Waals surface area contributed by atoms with Crippen LogP contribution in [0, 0.1) is 13.8 Å². The van der Waals surface area contributed by atoms with E-state index in [4.69, 9.17) is 0 Å². The van der Waals surface area contributed by atoms with Crippen molar-refractivity contribution in [3.8, 4) is 0 Å².